The summed E-state index contributed by atoms with van der Waals surface area (Å²) in [6.45, 7) is 0. The zero-order valence-corrected chi connectivity index (χ0v) is 10.7. The van der Waals surface area contributed by atoms with Gasteiger partial charge in [0.25, 0.3) is 0 Å². The molecule has 0 bridgehead atoms. The van der Waals surface area contributed by atoms with E-state index in [-0.39, 0.29) is 0 Å². The molecule has 0 heterocycles. The van der Waals surface area contributed by atoms with Gasteiger partial charge in [-0.15, -0.1) is 0 Å². The third-order valence-corrected chi connectivity index (χ3v) is 3.23. The van der Waals surface area contributed by atoms with Gasteiger partial charge < -0.3 is 0 Å². The Kier molecular flexibility index (Phi) is 2.96. The molecule has 3 aromatic rings. The number of hydrogen-bond donors (Lipinski definition) is 1. The zero-order valence-electron chi connectivity index (χ0n) is 9.85. The van der Waals surface area contributed by atoms with Crippen LogP contribution < -0.4 is 0 Å². The molecule has 0 fully saturated rings. The topological polar surface area (TPSA) is 0 Å². The summed E-state index contributed by atoms with van der Waals surface area (Å²) in [6.07, 6.45) is 0. The minimum Gasteiger partial charge on any atom is -0.166 e. The second-order valence-corrected chi connectivity index (χ2v) is 4.47. The maximum atomic E-state index is 4.15. The van der Waals surface area contributed by atoms with Crippen LogP contribution in [-0.2, 0) is 0 Å². The van der Waals surface area contributed by atoms with Gasteiger partial charge in [0.15, 0.2) is 0 Å². The molecular weight excluding hydrogens is 236 g/mol. The third kappa shape index (κ3) is 1.85. The average molecular weight is 248 g/mol. The van der Waals surface area contributed by atoms with Gasteiger partial charge in [0, 0.05) is 5.56 Å². The van der Waals surface area contributed by atoms with Crippen LogP contribution in [0.4, 0.5) is 0 Å². The summed E-state index contributed by atoms with van der Waals surface area (Å²) in [5.41, 5.74) is 1.08. The predicted molar refractivity (Wildman–Crippen MR) is 82.2 cm³/mol. The van der Waals surface area contributed by atoms with E-state index in [9.17, 15) is 0 Å². The molecule has 86 valence electrons. The summed E-state index contributed by atoms with van der Waals surface area (Å²) in [5.74, 6) is 6.82. The third-order valence-electron chi connectivity index (χ3n) is 3.07. The van der Waals surface area contributed by atoms with Crippen LogP contribution in [0.1, 0.15) is 5.56 Å². The van der Waals surface area contributed by atoms with Crippen LogP contribution in [0.5, 0.6) is 0 Å². The summed E-state index contributed by atoms with van der Waals surface area (Å²) in [7, 11) is 0. The summed E-state index contributed by atoms with van der Waals surface area (Å²) in [4.78, 5) is 0. The van der Waals surface area contributed by atoms with Crippen molar-refractivity contribution in [2.24, 2.45) is 0 Å². The number of rotatable bonds is 0. The van der Waals surface area contributed by atoms with Gasteiger partial charge >= 0.3 is 0 Å². The first-order valence-electron chi connectivity index (χ1n) is 5.90. The SMILES string of the molecule is SCC#Cc1cc2ccccc2c2ccccc12. The van der Waals surface area contributed by atoms with Gasteiger partial charge in [-0.1, -0.05) is 60.4 Å². The second-order valence-electron chi connectivity index (χ2n) is 4.15. The molecule has 0 aromatic heterocycles. The Morgan fingerprint density at radius 1 is 0.833 bits per heavy atom. The van der Waals surface area contributed by atoms with Gasteiger partial charge in [0.05, 0.1) is 5.75 Å². The highest BCUT2D eigenvalue weighted by molar-refractivity contribution is 7.80. The zero-order chi connectivity index (χ0) is 12.4. The van der Waals surface area contributed by atoms with Crippen LogP contribution >= 0.6 is 12.6 Å². The molecule has 0 amide bonds. The fraction of sp³-hybridized carbons (Fsp3) is 0.0588. The van der Waals surface area contributed by atoms with E-state index in [1.165, 1.54) is 21.5 Å². The van der Waals surface area contributed by atoms with Crippen molar-refractivity contribution in [3.05, 3.63) is 60.2 Å². The van der Waals surface area contributed by atoms with E-state index in [1.54, 1.807) is 0 Å². The normalized spacial score (nSPS) is 10.3. The standard InChI is InChI=1S/C17H12S/c18-11-5-7-14-12-13-6-1-2-8-15(13)17-10-4-3-9-16(14)17/h1-4,6,8-10,12,18H,11H2. The lowest BCUT2D eigenvalue weighted by atomic mass is 9.97. The lowest BCUT2D eigenvalue weighted by molar-refractivity contribution is 1.72. The smallest absolute Gasteiger partial charge is 0.0521 e. The molecule has 3 rings (SSSR count). The Morgan fingerprint density at radius 3 is 2.28 bits per heavy atom. The second kappa shape index (κ2) is 4.76. The van der Waals surface area contributed by atoms with Crippen molar-refractivity contribution >= 4 is 34.2 Å². The van der Waals surface area contributed by atoms with Gasteiger partial charge in [0.1, 0.15) is 0 Å². The van der Waals surface area contributed by atoms with E-state index in [0.29, 0.717) is 5.75 Å². The molecule has 0 saturated heterocycles. The number of fused-ring (bicyclic) bond motifs is 3. The van der Waals surface area contributed by atoms with Crippen LogP contribution in [0.15, 0.2) is 54.6 Å². The first kappa shape index (κ1) is 11.2. The number of hydrogen-bond acceptors (Lipinski definition) is 1. The van der Waals surface area contributed by atoms with Crippen molar-refractivity contribution in [2.45, 2.75) is 0 Å². The van der Waals surface area contributed by atoms with Gasteiger partial charge in [-0.05, 0) is 27.6 Å². The van der Waals surface area contributed by atoms with E-state index >= 15 is 0 Å². The molecule has 0 unspecified atom stereocenters. The quantitative estimate of drug-likeness (QED) is 0.343. The van der Waals surface area contributed by atoms with Crippen LogP contribution in [0.3, 0.4) is 0 Å². The van der Waals surface area contributed by atoms with Crippen molar-refractivity contribution in [1.29, 1.82) is 0 Å². The fourth-order valence-corrected chi connectivity index (χ4v) is 2.37. The molecule has 0 spiro atoms. The highest BCUT2D eigenvalue weighted by Gasteiger charge is 2.03. The molecule has 0 radical (unpaired) electrons. The van der Waals surface area contributed by atoms with Gasteiger partial charge in [0.2, 0.25) is 0 Å². The van der Waals surface area contributed by atoms with Crippen molar-refractivity contribution < 1.29 is 0 Å². The summed E-state index contributed by atoms with van der Waals surface area (Å²) < 4.78 is 0. The molecule has 0 aliphatic rings. The summed E-state index contributed by atoms with van der Waals surface area (Å²) >= 11 is 4.15. The Morgan fingerprint density at radius 2 is 1.50 bits per heavy atom. The van der Waals surface area contributed by atoms with Crippen LogP contribution in [0, 0.1) is 11.8 Å². The molecular formula is C17H12S. The highest BCUT2D eigenvalue weighted by atomic mass is 32.1. The number of thiol groups is 1. The van der Waals surface area contributed by atoms with Crippen molar-refractivity contribution in [2.75, 3.05) is 5.75 Å². The fourth-order valence-electron chi connectivity index (χ4n) is 2.29. The van der Waals surface area contributed by atoms with Crippen molar-refractivity contribution in [1.82, 2.24) is 0 Å². The molecule has 1 heteroatoms. The highest BCUT2D eigenvalue weighted by Crippen LogP contribution is 2.28. The monoisotopic (exact) mass is 248 g/mol. The van der Waals surface area contributed by atoms with Crippen LogP contribution in [-0.4, -0.2) is 5.75 Å². The average Bonchev–Trinajstić information content (AvgIpc) is 2.45. The molecule has 0 saturated carbocycles. The lowest BCUT2D eigenvalue weighted by Crippen LogP contribution is -1.83. The molecule has 0 aliphatic carbocycles. The minimum atomic E-state index is 0.584. The molecule has 18 heavy (non-hydrogen) atoms. The largest absolute Gasteiger partial charge is 0.166 e. The van der Waals surface area contributed by atoms with Gasteiger partial charge in [-0.3, -0.25) is 0 Å². The molecule has 3 aromatic carbocycles. The number of benzene rings is 3. The summed E-state index contributed by atoms with van der Waals surface area (Å²) in [5, 5.41) is 4.99. The van der Waals surface area contributed by atoms with Crippen molar-refractivity contribution in [3.63, 3.8) is 0 Å². The maximum absolute atomic E-state index is 4.15. The maximum Gasteiger partial charge on any atom is 0.0521 e. The first-order valence-corrected chi connectivity index (χ1v) is 6.53. The van der Waals surface area contributed by atoms with E-state index in [1.807, 2.05) is 0 Å². The Hall–Kier alpha value is -1.91. The Balaban J connectivity index is 2.46. The van der Waals surface area contributed by atoms with E-state index in [4.69, 9.17) is 0 Å². The lowest BCUT2D eigenvalue weighted by Gasteiger charge is -2.06. The van der Waals surface area contributed by atoms with E-state index in [0.717, 1.165) is 5.56 Å². The summed E-state index contributed by atoms with van der Waals surface area (Å²) in [6, 6.07) is 19.0. The molecule has 0 atom stereocenters. The Labute approximate surface area is 112 Å². The predicted octanol–water partition coefficient (Wildman–Crippen LogP) is 4.27. The molecule has 0 aliphatic heterocycles. The van der Waals surface area contributed by atoms with E-state index < -0.39 is 0 Å². The van der Waals surface area contributed by atoms with Gasteiger partial charge in [-0.2, -0.15) is 12.6 Å². The van der Waals surface area contributed by atoms with E-state index in [2.05, 4.69) is 79.1 Å². The van der Waals surface area contributed by atoms with Crippen LogP contribution in [0.2, 0.25) is 0 Å². The molecule has 0 nitrogen and oxygen atoms in total. The van der Waals surface area contributed by atoms with Crippen molar-refractivity contribution in [3.8, 4) is 11.8 Å². The van der Waals surface area contributed by atoms with Crippen LogP contribution in [0.25, 0.3) is 21.5 Å². The first-order chi connectivity index (χ1) is 8.90. The minimum absolute atomic E-state index is 0.584. The van der Waals surface area contributed by atoms with Gasteiger partial charge in [-0.25, -0.2) is 0 Å². The molecule has 0 N–H and O–H groups in total. The Bertz CT molecular complexity index is 776.